The molecule has 1 unspecified atom stereocenters. The van der Waals surface area contributed by atoms with Gasteiger partial charge < -0.3 is 9.47 Å². The molecule has 3 nitrogen and oxygen atoms in total. The summed E-state index contributed by atoms with van der Waals surface area (Å²) in [6, 6.07) is 7.69. The van der Waals surface area contributed by atoms with E-state index in [9.17, 15) is 0 Å². The molecule has 2 rings (SSSR count). The molecule has 1 aromatic rings. The molecule has 1 atom stereocenters. The molecule has 0 saturated carbocycles. The Bertz CT molecular complexity index is 462. The van der Waals surface area contributed by atoms with Crippen molar-refractivity contribution in [1.82, 2.24) is 0 Å². The predicted octanol–water partition coefficient (Wildman–Crippen LogP) is 2.72. The molecule has 4 heteroatoms. The molecule has 1 aliphatic rings. The van der Waals surface area contributed by atoms with Gasteiger partial charge in [-0.1, -0.05) is 15.9 Å². The minimum atomic E-state index is -0.594. The van der Waals surface area contributed by atoms with Gasteiger partial charge in [-0.05, 0) is 24.3 Å². The van der Waals surface area contributed by atoms with Crippen molar-refractivity contribution in [2.24, 2.45) is 0 Å². The summed E-state index contributed by atoms with van der Waals surface area (Å²) in [4.78, 5) is 0. The van der Waals surface area contributed by atoms with Crippen LogP contribution in [0.15, 0.2) is 28.2 Å². The minimum Gasteiger partial charge on any atom is -0.459 e. The van der Waals surface area contributed by atoms with E-state index < -0.39 is 6.29 Å². The average Bonchev–Trinajstić information content (AvgIpc) is 2.27. The summed E-state index contributed by atoms with van der Waals surface area (Å²) in [6.45, 7) is 0. The third kappa shape index (κ3) is 1.89. The first-order chi connectivity index (χ1) is 7.24. The van der Waals surface area contributed by atoms with Crippen molar-refractivity contribution in [2.75, 3.05) is 7.11 Å². The van der Waals surface area contributed by atoms with E-state index in [4.69, 9.17) is 14.7 Å². The molecule has 0 aromatic heterocycles. The zero-order chi connectivity index (χ0) is 10.8. The Morgan fingerprint density at radius 2 is 2.33 bits per heavy atom. The number of ether oxygens (including phenoxy) is 2. The number of rotatable bonds is 1. The van der Waals surface area contributed by atoms with Gasteiger partial charge in [-0.3, -0.25) is 0 Å². The molecule has 15 heavy (non-hydrogen) atoms. The second-order valence-electron chi connectivity index (χ2n) is 3.08. The van der Waals surface area contributed by atoms with Gasteiger partial charge in [0, 0.05) is 17.1 Å². The van der Waals surface area contributed by atoms with Gasteiger partial charge in [0.05, 0.1) is 5.57 Å². The van der Waals surface area contributed by atoms with Crippen molar-refractivity contribution < 1.29 is 9.47 Å². The molecular weight excluding hydrogens is 258 g/mol. The fourth-order valence-corrected chi connectivity index (χ4v) is 1.79. The molecule has 0 N–H and O–H groups in total. The molecule has 0 saturated heterocycles. The highest BCUT2D eigenvalue weighted by atomic mass is 79.9. The van der Waals surface area contributed by atoms with Gasteiger partial charge in [-0.15, -0.1) is 0 Å². The highest BCUT2D eigenvalue weighted by Gasteiger charge is 2.22. The molecule has 0 spiro atoms. The SMILES string of the molecule is COC1Oc2ccc(Br)cc2C=C1C#N. The maximum atomic E-state index is 8.90. The highest BCUT2D eigenvalue weighted by molar-refractivity contribution is 9.10. The van der Waals surface area contributed by atoms with Crippen molar-refractivity contribution in [3.05, 3.63) is 33.8 Å². The molecule has 1 heterocycles. The van der Waals surface area contributed by atoms with Gasteiger partial charge >= 0.3 is 0 Å². The molecule has 1 aromatic carbocycles. The summed E-state index contributed by atoms with van der Waals surface area (Å²) in [5.41, 5.74) is 1.36. The molecule has 0 amide bonds. The molecule has 1 aliphatic heterocycles. The number of nitrogens with zero attached hydrogens (tertiary/aromatic N) is 1. The number of hydrogen-bond donors (Lipinski definition) is 0. The van der Waals surface area contributed by atoms with Crippen molar-refractivity contribution in [1.29, 1.82) is 5.26 Å². The summed E-state index contributed by atoms with van der Waals surface area (Å²) >= 11 is 3.37. The molecule has 76 valence electrons. The van der Waals surface area contributed by atoms with Crippen LogP contribution in [0.2, 0.25) is 0 Å². The number of halogens is 1. The molecule has 0 aliphatic carbocycles. The Kier molecular flexibility index (Phi) is 2.76. The molecule has 0 radical (unpaired) electrons. The zero-order valence-electron chi connectivity index (χ0n) is 8.03. The summed E-state index contributed by atoms with van der Waals surface area (Å²) in [5, 5.41) is 8.90. The summed E-state index contributed by atoms with van der Waals surface area (Å²) in [5.74, 6) is 0.726. The van der Waals surface area contributed by atoms with Crippen LogP contribution in [0, 0.1) is 11.3 Å². The predicted molar refractivity (Wildman–Crippen MR) is 59.2 cm³/mol. The van der Waals surface area contributed by atoms with Gasteiger partial charge in [0.2, 0.25) is 6.29 Å². The van der Waals surface area contributed by atoms with Crippen LogP contribution in [-0.4, -0.2) is 13.4 Å². The van der Waals surface area contributed by atoms with Gasteiger partial charge in [0.15, 0.2) is 0 Å². The zero-order valence-corrected chi connectivity index (χ0v) is 9.61. The lowest BCUT2D eigenvalue weighted by atomic mass is 10.1. The average molecular weight is 266 g/mol. The van der Waals surface area contributed by atoms with Crippen molar-refractivity contribution >= 4 is 22.0 Å². The molecule has 0 bridgehead atoms. The van der Waals surface area contributed by atoms with Gasteiger partial charge in [0.1, 0.15) is 11.8 Å². The first-order valence-corrected chi connectivity index (χ1v) is 5.14. The van der Waals surface area contributed by atoms with Crippen LogP contribution >= 0.6 is 15.9 Å². The summed E-state index contributed by atoms with van der Waals surface area (Å²) < 4.78 is 11.5. The van der Waals surface area contributed by atoms with E-state index in [1.807, 2.05) is 18.2 Å². The standard InChI is InChI=1S/C11H8BrNO2/c1-14-11-8(6-13)4-7-5-9(12)2-3-10(7)15-11/h2-5,11H,1H3. The lowest BCUT2D eigenvalue weighted by molar-refractivity contribution is -0.0228. The van der Waals surface area contributed by atoms with Crippen LogP contribution in [0.25, 0.3) is 6.08 Å². The maximum Gasteiger partial charge on any atom is 0.236 e. The Morgan fingerprint density at radius 3 is 3.00 bits per heavy atom. The highest BCUT2D eigenvalue weighted by Crippen LogP contribution is 2.31. The third-order valence-electron chi connectivity index (χ3n) is 2.11. The van der Waals surface area contributed by atoms with Gasteiger partial charge in [-0.25, -0.2) is 0 Å². The number of fused-ring (bicyclic) bond motifs is 1. The van der Waals surface area contributed by atoms with Gasteiger partial charge in [0.25, 0.3) is 0 Å². The van der Waals surface area contributed by atoms with E-state index in [1.54, 1.807) is 6.08 Å². The second kappa shape index (κ2) is 4.05. The normalized spacial score (nSPS) is 18.5. The van der Waals surface area contributed by atoms with Crippen LogP contribution in [0.4, 0.5) is 0 Å². The Labute approximate surface area is 96.0 Å². The Balaban J connectivity index is 2.48. The van der Waals surface area contributed by atoms with Crippen LogP contribution in [0.3, 0.4) is 0 Å². The number of hydrogen-bond acceptors (Lipinski definition) is 3. The fourth-order valence-electron chi connectivity index (χ4n) is 1.41. The van der Waals surface area contributed by atoms with Crippen LogP contribution in [-0.2, 0) is 4.74 Å². The Hall–Kier alpha value is -1.31. The van der Waals surface area contributed by atoms with Crippen LogP contribution < -0.4 is 4.74 Å². The van der Waals surface area contributed by atoms with Gasteiger partial charge in [-0.2, -0.15) is 5.26 Å². The van der Waals surface area contributed by atoms with E-state index in [0.717, 1.165) is 15.8 Å². The first-order valence-electron chi connectivity index (χ1n) is 4.35. The summed E-state index contributed by atoms with van der Waals surface area (Å²) in [6.07, 6.45) is 1.18. The number of nitriles is 1. The van der Waals surface area contributed by atoms with Crippen LogP contribution in [0.1, 0.15) is 5.56 Å². The Morgan fingerprint density at radius 1 is 1.53 bits per heavy atom. The largest absolute Gasteiger partial charge is 0.459 e. The quantitative estimate of drug-likeness (QED) is 0.784. The van der Waals surface area contributed by atoms with E-state index in [2.05, 4.69) is 22.0 Å². The smallest absolute Gasteiger partial charge is 0.236 e. The second-order valence-corrected chi connectivity index (χ2v) is 3.99. The van der Waals surface area contributed by atoms with E-state index in [1.165, 1.54) is 7.11 Å². The maximum absolute atomic E-state index is 8.90. The first kappa shape index (κ1) is 10.2. The number of methoxy groups -OCH3 is 1. The van der Waals surface area contributed by atoms with Crippen molar-refractivity contribution in [2.45, 2.75) is 6.29 Å². The number of benzene rings is 1. The minimum absolute atomic E-state index is 0.475. The lowest BCUT2D eigenvalue weighted by Crippen LogP contribution is -2.23. The van der Waals surface area contributed by atoms with Crippen molar-refractivity contribution in [3.8, 4) is 11.8 Å². The monoisotopic (exact) mass is 265 g/mol. The fraction of sp³-hybridized carbons (Fsp3) is 0.182. The molecular formula is C11H8BrNO2. The van der Waals surface area contributed by atoms with E-state index >= 15 is 0 Å². The van der Waals surface area contributed by atoms with Crippen LogP contribution in [0.5, 0.6) is 5.75 Å². The molecule has 0 fully saturated rings. The summed E-state index contributed by atoms with van der Waals surface area (Å²) in [7, 11) is 1.51. The van der Waals surface area contributed by atoms with E-state index in [0.29, 0.717) is 5.57 Å². The third-order valence-corrected chi connectivity index (χ3v) is 2.61. The van der Waals surface area contributed by atoms with Crippen molar-refractivity contribution in [3.63, 3.8) is 0 Å². The topological polar surface area (TPSA) is 42.2 Å². The lowest BCUT2D eigenvalue weighted by Gasteiger charge is -2.22. The van der Waals surface area contributed by atoms with E-state index in [-0.39, 0.29) is 0 Å².